The fraction of sp³-hybridized carbons (Fsp3) is 0.500. The Morgan fingerprint density at radius 2 is 2.30 bits per heavy atom. The van der Waals surface area contributed by atoms with Crippen molar-refractivity contribution >= 4 is 29.3 Å². The highest BCUT2D eigenvalue weighted by Crippen LogP contribution is 2.25. The molecule has 0 saturated carbocycles. The van der Waals surface area contributed by atoms with Gasteiger partial charge >= 0.3 is 5.97 Å². The molecule has 0 aliphatic heterocycles. The lowest BCUT2D eigenvalue weighted by molar-refractivity contribution is -0.139. The first-order chi connectivity index (χ1) is 9.58. The number of carboxylic acid groups (broad SMARTS) is 1. The normalized spacial score (nSPS) is 12.2. The van der Waals surface area contributed by atoms with Crippen LogP contribution in [-0.4, -0.2) is 35.7 Å². The third kappa shape index (κ3) is 5.61. The van der Waals surface area contributed by atoms with Crippen molar-refractivity contribution in [2.45, 2.75) is 25.9 Å². The molecule has 0 saturated heterocycles. The molecule has 1 aromatic carbocycles. The maximum Gasteiger partial charge on any atom is 0.320 e. The summed E-state index contributed by atoms with van der Waals surface area (Å²) in [6.45, 7) is 2.93. The van der Waals surface area contributed by atoms with Gasteiger partial charge in [0, 0.05) is 6.54 Å². The van der Waals surface area contributed by atoms with Gasteiger partial charge in [-0.3, -0.25) is 4.79 Å². The van der Waals surface area contributed by atoms with Crippen molar-refractivity contribution in [2.24, 2.45) is 0 Å². The van der Waals surface area contributed by atoms with Crippen LogP contribution in [0.15, 0.2) is 18.2 Å². The van der Waals surface area contributed by atoms with Crippen molar-refractivity contribution in [3.05, 3.63) is 28.8 Å². The number of carbonyl (C=O) groups is 1. The van der Waals surface area contributed by atoms with Crippen molar-refractivity contribution < 1.29 is 14.6 Å². The number of benzene rings is 1. The summed E-state index contributed by atoms with van der Waals surface area (Å²) in [5.41, 5.74) is 0.939. The lowest BCUT2D eigenvalue weighted by Gasteiger charge is -2.14. The van der Waals surface area contributed by atoms with E-state index >= 15 is 0 Å². The number of hydrogen-bond acceptors (Lipinski definition) is 4. The zero-order chi connectivity index (χ0) is 15.0. The van der Waals surface area contributed by atoms with Crippen LogP contribution in [0.25, 0.3) is 0 Å². The van der Waals surface area contributed by atoms with Crippen LogP contribution in [0.3, 0.4) is 0 Å². The lowest BCUT2D eigenvalue weighted by atomic mass is 10.1. The molecule has 0 aromatic heterocycles. The first-order valence-corrected chi connectivity index (χ1v) is 8.22. The van der Waals surface area contributed by atoms with Crippen LogP contribution in [0.1, 0.15) is 18.9 Å². The van der Waals surface area contributed by atoms with Crippen LogP contribution in [-0.2, 0) is 11.3 Å². The number of aliphatic carboxylic acids is 1. The molecular weight excluding hydrogens is 298 g/mol. The summed E-state index contributed by atoms with van der Waals surface area (Å²) in [5, 5.41) is 12.7. The van der Waals surface area contributed by atoms with Crippen LogP contribution >= 0.6 is 23.4 Å². The smallest absolute Gasteiger partial charge is 0.320 e. The van der Waals surface area contributed by atoms with Crippen LogP contribution in [0.5, 0.6) is 5.75 Å². The molecule has 0 radical (unpaired) electrons. The van der Waals surface area contributed by atoms with E-state index in [0.717, 1.165) is 11.3 Å². The Kier molecular flexibility index (Phi) is 7.80. The summed E-state index contributed by atoms with van der Waals surface area (Å²) in [7, 11) is 0. The van der Waals surface area contributed by atoms with Crippen LogP contribution in [0.4, 0.5) is 0 Å². The quantitative estimate of drug-likeness (QED) is 0.733. The van der Waals surface area contributed by atoms with E-state index < -0.39 is 12.0 Å². The van der Waals surface area contributed by atoms with E-state index in [2.05, 4.69) is 5.32 Å². The van der Waals surface area contributed by atoms with E-state index in [1.54, 1.807) is 23.9 Å². The summed E-state index contributed by atoms with van der Waals surface area (Å²) >= 11 is 7.74. The molecule has 6 heteroatoms. The SMILES string of the molecule is CCOc1ccc(CNC(CCSC)C(=O)O)cc1Cl. The van der Waals surface area contributed by atoms with Gasteiger partial charge in [0.25, 0.3) is 0 Å². The number of nitrogens with one attached hydrogen (secondary N) is 1. The topological polar surface area (TPSA) is 58.6 Å². The monoisotopic (exact) mass is 317 g/mol. The van der Waals surface area contributed by atoms with Crippen molar-refractivity contribution in [2.75, 3.05) is 18.6 Å². The molecule has 1 aromatic rings. The third-order valence-corrected chi connectivity index (χ3v) is 3.70. The van der Waals surface area contributed by atoms with Gasteiger partial charge in [0.2, 0.25) is 0 Å². The van der Waals surface area contributed by atoms with Gasteiger partial charge in [0.15, 0.2) is 0 Å². The van der Waals surface area contributed by atoms with E-state index in [-0.39, 0.29) is 0 Å². The van der Waals surface area contributed by atoms with E-state index in [9.17, 15) is 4.79 Å². The lowest BCUT2D eigenvalue weighted by Crippen LogP contribution is -2.36. The molecule has 1 rings (SSSR count). The Morgan fingerprint density at radius 1 is 1.55 bits per heavy atom. The predicted octanol–water partition coefficient (Wildman–Crippen LogP) is 3.03. The number of thioether (sulfide) groups is 1. The molecule has 112 valence electrons. The summed E-state index contributed by atoms with van der Waals surface area (Å²) in [6.07, 6.45) is 2.56. The molecule has 0 aliphatic carbocycles. The summed E-state index contributed by atoms with van der Waals surface area (Å²) in [6, 6.07) is 4.96. The zero-order valence-electron chi connectivity index (χ0n) is 11.7. The second-order valence-electron chi connectivity index (χ2n) is 4.25. The fourth-order valence-corrected chi connectivity index (χ4v) is 2.45. The second kappa shape index (κ2) is 9.10. The second-order valence-corrected chi connectivity index (χ2v) is 5.64. The first kappa shape index (κ1) is 17.1. The molecule has 4 nitrogen and oxygen atoms in total. The van der Waals surface area contributed by atoms with E-state index in [4.69, 9.17) is 21.4 Å². The molecular formula is C14H20ClNO3S. The van der Waals surface area contributed by atoms with E-state index in [1.165, 1.54) is 0 Å². The third-order valence-electron chi connectivity index (χ3n) is 2.76. The molecule has 0 bridgehead atoms. The summed E-state index contributed by atoms with van der Waals surface area (Å²) in [4.78, 5) is 11.1. The Morgan fingerprint density at radius 3 is 2.85 bits per heavy atom. The number of rotatable bonds is 9. The van der Waals surface area contributed by atoms with Gasteiger partial charge in [-0.2, -0.15) is 11.8 Å². The largest absolute Gasteiger partial charge is 0.492 e. The summed E-state index contributed by atoms with van der Waals surface area (Å²) < 4.78 is 5.36. The van der Waals surface area contributed by atoms with Crippen LogP contribution in [0.2, 0.25) is 5.02 Å². The minimum absolute atomic E-state index is 0.470. The average molecular weight is 318 g/mol. The van der Waals surface area contributed by atoms with Gasteiger partial charge in [-0.1, -0.05) is 17.7 Å². The van der Waals surface area contributed by atoms with Gasteiger partial charge in [-0.25, -0.2) is 0 Å². The predicted molar refractivity (Wildman–Crippen MR) is 83.9 cm³/mol. The number of halogens is 1. The highest BCUT2D eigenvalue weighted by molar-refractivity contribution is 7.98. The Balaban J connectivity index is 2.59. The molecule has 0 heterocycles. The van der Waals surface area contributed by atoms with E-state index in [0.29, 0.717) is 30.3 Å². The standard InChI is InChI=1S/C14H20ClNO3S/c1-3-19-13-5-4-10(8-11(13)15)9-16-12(14(17)18)6-7-20-2/h4-5,8,12,16H,3,6-7,9H2,1-2H3,(H,17,18). The van der Waals surface area contributed by atoms with Gasteiger partial charge < -0.3 is 15.2 Å². The maximum atomic E-state index is 11.1. The Hall–Kier alpha value is -0.910. The van der Waals surface area contributed by atoms with Gasteiger partial charge in [0.1, 0.15) is 11.8 Å². The highest BCUT2D eigenvalue weighted by Gasteiger charge is 2.16. The average Bonchev–Trinajstić information content (AvgIpc) is 2.41. The fourth-order valence-electron chi connectivity index (χ4n) is 1.72. The van der Waals surface area contributed by atoms with Crippen molar-refractivity contribution in [1.82, 2.24) is 5.32 Å². The zero-order valence-corrected chi connectivity index (χ0v) is 13.3. The molecule has 2 N–H and O–H groups in total. The Labute approximate surface area is 128 Å². The minimum Gasteiger partial charge on any atom is -0.492 e. The van der Waals surface area contributed by atoms with Crippen LogP contribution < -0.4 is 10.1 Å². The maximum absolute atomic E-state index is 11.1. The Bertz CT molecular complexity index is 442. The molecule has 0 amide bonds. The molecule has 0 fully saturated rings. The number of carboxylic acids is 1. The minimum atomic E-state index is -0.823. The van der Waals surface area contributed by atoms with Crippen molar-refractivity contribution in [3.8, 4) is 5.75 Å². The van der Waals surface area contributed by atoms with Crippen molar-refractivity contribution in [3.63, 3.8) is 0 Å². The van der Waals surface area contributed by atoms with Gasteiger partial charge in [-0.15, -0.1) is 0 Å². The van der Waals surface area contributed by atoms with Gasteiger partial charge in [-0.05, 0) is 43.0 Å². The number of hydrogen-bond donors (Lipinski definition) is 2. The molecule has 0 spiro atoms. The number of ether oxygens (including phenoxy) is 1. The molecule has 20 heavy (non-hydrogen) atoms. The van der Waals surface area contributed by atoms with Gasteiger partial charge in [0.05, 0.1) is 11.6 Å². The highest BCUT2D eigenvalue weighted by atomic mass is 35.5. The van der Waals surface area contributed by atoms with Crippen molar-refractivity contribution in [1.29, 1.82) is 0 Å². The van der Waals surface area contributed by atoms with E-state index in [1.807, 2.05) is 19.2 Å². The molecule has 1 atom stereocenters. The van der Waals surface area contributed by atoms with Crippen LogP contribution in [0, 0.1) is 0 Å². The molecule has 1 unspecified atom stereocenters. The molecule has 0 aliphatic rings. The first-order valence-electron chi connectivity index (χ1n) is 6.44. The summed E-state index contributed by atoms with van der Waals surface area (Å²) in [5.74, 6) is 0.639.